The number of amides is 2. The Balaban J connectivity index is 1.31. The molecule has 1 N–H and O–H groups in total. The largest absolute Gasteiger partial charge is 0.338 e. The maximum atomic E-state index is 12.9. The maximum Gasteiger partial charge on any atom is 0.263 e. The minimum Gasteiger partial charge on any atom is -0.338 e. The number of sulfonamides is 1. The second kappa shape index (κ2) is 9.72. The number of likely N-dealkylation sites (tertiary alicyclic amines) is 1. The van der Waals surface area contributed by atoms with Crippen molar-refractivity contribution in [3.8, 4) is 0 Å². The summed E-state index contributed by atoms with van der Waals surface area (Å²) in [5.74, 6) is 0.327. The number of carbonyl (C=O) groups excluding carboxylic acids is 2. The molecule has 2 amide bonds. The molecule has 0 atom stereocenters. The number of nitrogens with zero attached hydrogens (tertiary/aromatic N) is 2. The highest BCUT2D eigenvalue weighted by Crippen LogP contribution is 2.26. The molecule has 1 aromatic heterocycles. The van der Waals surface area contributed by atoms with E-state index in [1.807, 2.05) is 17.5 Å². The third kappa shape index (κ3) is 5.05. The van der Waals surface area contributed by atoms with Crippen molar-refractivity contribution in [3.05, 3.63) is 46.7 Å². The van der Waals surface area contributed by atoms with Crippen LogP contribution in [0.25, 0.3) is 0 Å². The predicted molar refractivity (Wildman–Crippen MR) is 125 cm³/mol. The SMILES string of the molecule is CC1CCN(S(=O)(=O)c2ccc(NC(=O)C3CCN(C(=O)c4cccs4)CC3)cc2)CC1. The molecular weight excluding hydrogens is 446 g/mol. The summed E-state index contributed by atoms with van der Waals surface area (Å²) in [6.45, 7) is 4.36. The lowest BCUT2D eigenvalue weighted by atomic mass is 9.95. The topological polar surface area (TPSA) is 86.8 Å². The summed E-state index contributed by atoms with van der Waals surface area (Å²) < 4.78 is 27.3. The van der Waals surface area contributed by atoms with Crippen LogP contribution in [0.3, 0.4) is 0 Å². The highest BCUT2D eigenvalue weighted by Gasteiger charge is 2.29. The number of nitrogens with one attached hydrogen (secondary N) is 1. The van der Waals surface area contributed by atoms with Gasteiger partial charge in [-0.3, -0.25) is 9.59 Å². The van der Waals surface area contributed by atoms with Gasteiger partial charge < -0.3 is 10.2 Å². The highest BCUT2D eigenvalue weighted by atomic mass is 32.2. The number of thiophene rings is 1. The van der Waals surface area contributed by atoms with Crippen molar-refractivity contribution < 1.29 is 18.0 Å². The molecule has 1 aromatic carbocycles. The van der Waals surface area contributed by atoms with E-state index in [9.17, 15) is 18.0 Å². The molecule has 0 saturated carbocycles. The molecule has 0 spiro atoms. The number of carbonyl (C=O) groups is 2. The van der Waals surface area contributed by atoms with Gasteiger partial charge in [-0.2, -0.15) is 4.31 Å². The third-order valence-electron chi connectivity index (χ3n) is 6.39. The first-order chi connectivity index (χ1) is 15.3. The van der Waals surface area contributed by atoms with Gasteiger partial charge >= 0.3 is 0 Å². The van der Waals surface area contributed by atoms with E-state index < -0.39 is 10.0 Å². The molecule has 32 heavy (non-hydrogen) atoms. The fourth-order valence-electron chi connectivity index (χ4n) is 4.23. The van der Waals surface area contributed by atoms with Crippen molar-refractivity contribution >= 4 is 38.9 Å². The standard InChI is InChI=1S/C23H29N3O4S2/c1-17-8-14-26(15-9-17)32(29,30)20-6-4-19(5-7-20)24-22(27)18-10-12-25(13-11-18)23(28)21-3-2-16-31-21/h2-7,16-18H,8-15H2,1H3,(H,24,27). The van der Waals surface area contributed by atoms with E-state index in [1.54, 1.807) is 33.5 Å². The molecule has 2 aliphatic rings. The normalized spacial score (nSPS) is 19.1. The smallest absolute Gasteiger partial charge is 0.263 e. The van der Waals surface area contributed by atoms with Gasteiger partial charge in [0.1, 0.15) is 0 Å². The van der Waals surface area contributed by atoms with Crippen molar-refractivity contribution in [2.24, 2.45) is 11.8 Å². The van der Waals surface area contributed by atoms with E-state index in [-0.39, 0.29) is 22.6 Å². The zero-order chi connectivity index (χ0) is 22.7. The first kappa shape index (κ1) is 22.9. The Morgan fingerprint density at radius 2 is 1.62 bits per heavy atom. The summed E-state index contributed by atoms with van der Waals surface area (Å²) >= 11 is 1.43. The first-order valence-corrected chi connectivity index (χ1v) is 13.4. The fraction of sp³-hybridized carbons (Fsp3) is 0.478. The average Bonchev–Trinajstić information content (AvgIpc) is 3.34. The lowest BCUT2D eigenvalue weighted by Gasteiger charge is -2.31. The van der Waals surface area contributed by atoms with Crippen molar-refractivity contribution in [2.75, 3.05) is 31.5 Å². The van der Waals surface area contributed by atoms with E-state index in [0.717, 1.165) is 17.7 Å². The van der Waals surface area contributed by atoms with Crippen LogP contribution in [0.1, 0.15) is 42.3 Å². The zero-order valence-electron chi connectivity index (χ0n) is 18.2. The second-order valence-electron chi connectivity index (χ2n) is 8.64. The number of hydrogen-bond acceptors (Lipinski definition) is 5. The predicted octanol–water partition coefficient (Wildman–Crippen LogP) is 3.66. The average molecular weight is 476 g/mol. The van der Waals surface area contributed by atoms with Gasteiger partial charge in [0.15, 0.2) is 0 Å². The lowest BCUT2D eigenvalue weighted by Crippen LogP contribution is -2.41. The van der Waals surface area contributed by atoms with E-state index in [4.69, 9.17) is 0 Å². The summed E-state index contributed by atoms with van der Waals surface area (Å²) in [5.41, 5.74) is 0.582. The van der Waals surface area contributed by atoms with E-state index >= 15 is 0 Å². The first-order valence-electron chi connectivity index (χ1n) is 11.1. The molecule has 172 valence electrons. The molecule has 2 saturated heterocycles. The van der Waals surface area contributed by atoms with E-state index in [1.165, 1.54) is 11.3 Å². The summed E-state index contributed by atoms with van der Waals surface area (Å²) in [6, 6.07) is 10.1. The monoisotopic (exact) mass is 475 g/mol. The zero-order valence-corrected chi connectivity index (χ0v) is 19.8. The van der Waals surface area contributed by atoms with Crippen molar-refractivity contribution in [3.63, 3.8) is 0 Å². The molecule has 7 nitrogen and oxygen atoms in total. The Hall–Kier alpha value is -2.23. The quantitative estimate of drug-likeness (QED) is 0.715. The highest BCUT2D eigenvalue weighted by molar-refractivity contribution is 7.89. The molecule has 4 rings (SSSR count). The van der Waals surface area contributed by atoms with Crippen LogP contribution in [0.4, 0.5) is 5.69 Å². The summed E-state index contributed by atoms with van der Waals surface area (Å²) in [5, 5.41) is 4.78. The molecule has 0 bridgehead atoms. The number of rotatable bonds is 5. The van der Waals surface area contributed by atoms with Crippen molar-refractivity contribution in [2.45, 2.75) is 37.5 Å². The van der Waals surface area contributed by atoms with E-state index in [2.05, 4.69) is 12.2 Å². The molecule has 2 aromatic rings. The van der Waals surface area contributed by atoms with Gasteiger partial charge in [-0.25, -0.2) is 8.42 Å². The molecule has 9 heteroatoms. The Bertz CT molecular complexity index is 1040. The Labute approximate surface area is 193 Å². The molecule has 3 heterocycles. The van der Waals surface area contributed by atoms with Crippen LogP contribution in [0.15, 0.2) is 46.7 Å². The summed E-state index contributed by atoms with van der Waals surface area (Å²) in [6.07, 6.45) is 2.99. The summed E-state index contributed by atoms with van der Waals surface area (Å²) in [7, 11) is -3.50. The molecule has 2 fully saturated rings. The van der Waals surface area contributed by atoms with E-state index in [0.29, 0.717) is 50.6 Å². The minimum atomic E-state index is -3.50. The Morgan fingerprint density at radius 1 is 0.969 bits per heavy atom. The van der Waals surface area contributed by atoms with Gasteiger partial charge in [-0.15, -0.1) is 11.3 Å². The summed E-state index contributed by atoms with van der Waals surface area (Å²) in [4.78, 5) is 27.9. The molecule has 0 unspecified atom stereocenters. The van der Waals surface area contributed by atoms with Gasteiger partial charge in [0.2, 0.25) is 15.9 Å². The number of piperidine rings is 2. The minimum absolute atomic E-state index is 0.0267. The second-order valence-corrected chi connectivity index (χ2v) is 11.5. The van der Waals surface area contributed by atoms with Crippen LogP contribution >= 0.6 is 11.3 Å². The van der Waals surface area contributed by atoms with Crippen LogP contribution in [-0.4, -0.2) is 55.6 Å². The number of benzene rings is 1. The van der Waals surface area contributed by atoms with Crippen LogP contribution in [0.2, 0.25) is 0 Å². The van der Waals surface area contributed by atoms with Crippen molar-refractivity contribution in [1.29, 1.82) is 0 Å². The number of hydrogen-bond donors (Lipinski definition) is 1. The van der Waals surface area contributed by atoms with Crippen LogP contribution < -0.4 is 5.32 Å². The van der Waals surface area contributed by atoms with Gasteiger partial charge in [0.05, 0.1) is 9.77 Å². The third-order valence-corrected chi connectivity index (χ3v) is 9.16. The molecule has 0 aliphatic carbocycles. The molecular formula is C23H29N3O4S2. The molecule has 2 aliphatic heterocycles. The van der Waals surface area contributed by atoms with Crippen LogP contribution in [-0.2, 0) is 14.8 Å². The van der Waals surface area contributed by atoms with Crippen LogP contribution in [0, 0.1) is 11.8 Å². The Kier molecular flexibility index (Phi) is 6.97. The lowest BCUT2D eigenvalue weighted by molar-refractivity contribution is -0.121. The van der Waals surface area contributed by atoms with Gasteiger partial charge in [0, 0.05) is 37.8 Å². The van der Waals surface area contributed by atoms with Gasteiger partial charge in [0.25, 0.3) is 5.91 Å². The van der Waals surface area contributed by atoms with Gasteiger partial charge in [-0.05, 0) is 67.3 Å². The maximum absolute atomic E-state index is 12.9. The van der Waals surface area contributed by atoms with Crippen molar-refractivity contribution in [1.82, 2.24) is 9.21 Å². The van der Waals surface area contributed by atoms with Gasteiger partial charge in [-0.1, -0.05) is 13.0 Å². The molecule has 0 radical (unpaired) electrons. The fourth-order valence-corrected chi connectivity index (χ4v) is 6.39. The Morgan fingerprint density at radius 3 is 2.22 bits per heavy atom. The number of anilines is 1. The van der Waals surface area contributed by atoms with Crippen LogP contribution in [0.5, 0.6) is 0 Å².